The van der Waals surface area contributed by atoms with Gasteiger partial charge in [0, 0.05) is 18.5 Å². The van der Waals surface area contributed by atoms with Crippen molar-refractivity contribution in [1.29, 1.82) is 0 Å². The van der Waals surface area contributed by atoms with Crippen LogP contribution in [0.1, 0.15) is 41.1 Å². The summed E-state index contributed by atoms with van der Waals surface area (Å²) >= 11 is 1.50. The molecule has 1 heterocycles. The highest BCUT2D eigenvalue weighted by molar-refractivity contribution is 7.12. The summed E-state index contributed by atoms with van der Waals surface area (Å²) in [5.74, 6) is 0.958. The van der Waals surface area contributed by atoms with Crippen LogP contribution >= 0.6 is 11.3 Å². The summed E-state index contributed by atoms with van der Waals surface area (Å²) < 4.78 is 5.96. The number of carbonyl (C=O) groups is 1. The molecule has 0 aliphatic carbocycles. The lowest BCUT2D eigenvalue weighted by Gasteiger charge is -2.18. The third-order valence-electron chi connectivity index (χ3n) is 4.20. The van der Waals surface area contributed by atoms with Crippen LogP contribution in [-0.4, -0.2) is 36.9 Å². The quantitative estimate of drug-likeness (QED) is 0.590. The van der Waals surface area contributed by atoms with Gasteiger partial charge in [0.15, 0.2) is 5.78 Å². The van der Waals surface area contributed by atoms with Gasteiger partial charge < -0.3 is 9.64 Å². The number of likely N-dealkylation sites (N-methyl/N-ethyl adjacent to an activating group) is 1. The minimum atomic E-state index is 0.176. The van der Waals surface area contributed by atoms with E-state index in [1.165, 1.54) is 16.9 Å². The molecule has 0 bridgehead atoms. The predicted octanol–water partition coefficient (Wildman–Crippen LogP) is 4.59. The maximum Gasteiger partial charge on any atom is 0.176 e. The first-order valence-corrected chi connectivity index (χ1v) is 9.54. The minimum absolute atomic E-state index is 0.176. The van der Waals surface area contributed by atoms with Crippen LogP contribution in [0.15, 0.2) is 35.7 Å². The third-order valence-corrected chi connectivity index (χ3v) is 5.32. The zero-order valence-corrected chi connectivity index (χ0v) is 15.7. The first-order valence-electron chi connectivity index (χ1n) is 8.66. The molecule has 0 saturated heterocycles. The van der Waals surface area contributed by atoms with Gasteiger partial charge in [0.1, 0.15) is 17.2 Å². The molecule has 2 aromatic rings. The first kappa shape index (κ1) is 18.7. The van der Waals surface area contributed by atoms with Gasteiger partial charge in [-0.1, -0.05) is 44.2 Å². The average molecular weight is 346 g/mol. The first-order chi connectivity index (χ1) is 11.7. The van der Waals surface area contributed by atoms with E-state index in [2.05, 4.69) is 30.9 Å². The van der Waals surface area contributed by atoms with Gasteiger partial charge in [-0.2, -0.15) is 0 Å². The van der Waals surface area contributed by atoms with Gasteiger partial charge in [-0.25, -0.2) is 0 Å². The maximum atomic E-state index is 12.6. The average Bonchev–Trinajstić information content (AvgIpc) is 2.98. The molecule has 0 atom stereocenters. The van der Waals surface area contributed by atoms with Gasteiger partial charge in [-0.05, 0) is 37.4 Å². The Morgan fingerprint density at radius 1 is 1.17 bits per heavy atom. The molecule has 1 aromatic heterocycles. The summed E-state index contributed by atoms with van der Waals surface area (Å²) in [6, 6.07) is 10.1. The Morgan fingerprint density at radius 2 is 1.88 bits per heavy atom. The van der Waals surface area contributed by atoms with E-state index < -0.39 is 0 Å². The number of ketones is 1. The number of rotatable bonds is 10. The van der Waals surface area contributed by atoms with Gasteiger partial charge in [-0.15, -0.1) is 11.3 Å². The van der Waals surface area contributed by atoms with Gasteiger partial charge in [0.25, 0.3) is 0 Å². The van der Waals surface area contributed by atoms with Crippen molar-refractivity contribution >= 4 is 17.1 Å². The maximum absolute atomic E-state index is 12.6. The normalized spacial score (nSPS) is 11.0. The van der Waals surface area contributed by atoms with E-state index in [0.717, 1.165) is 42.2 Å². The Morgan fingerprint density at radius 3 is 2.54 bits per heavy atom. The number of thiophene rings is 1. The van der Waals surface area contributed by atoms with Crippen LogP contribution in [0.3, 0.4) is 0 Å². The van der Waals surface area contributed by atoms with Crippen molar-refractivity contribution in [2.45, 2.75) is 33.6 Å². The third kappa shape index (κ3) is 5.18. The molecule has 0 aliphatic rings. The molecule has 0 aliphatic heterocycles. The molecule has 0 N–H and O–H groups in total. The van der Waals surface area contributed by atoms with Crippen LogP contribution in [0.5, 0.6) is 5.75 Å². The molecule has 0 fully saturated rings. The standard InChI is InChI=1S/C20H27NO2S/c1-4-21(5-2)13-14-23-19-16(3)15-24-20(19)18(22)12-11-17-9-7-6-8-10-17/h6-10,15H,4-5,11-14H2,1-3H3. The molecule has 24 heavy (non-hydrogen) atoms. The zero-order chi connectivity index (χ0) is 17.4. The molecule has 3 nitrogen and oxygen atoms in total. The van der Waals surface area contributed by atoms with E-state index in [4.69, 9.17) is 4.74 Å². The molecule has 1 aromatic carbocycles. The Kier molecular flexibility index (Phi) is 7.47. The van der Waals surface area contributed by atoms with Crippen molar-refractivity contribution in [3.05, 3.63) is 51.7 Å². The topological polar surface area (TPSA) is 29.5 Å². The Bertz CT molecular complexity index is 632. The number of aryl methyl sites for hydroxylation is 2. The van der Waals surface area contributed by atoms with E-state index >= 15 is 0 Å². The van der Waals surface area contributed by atoms with Crippen LogP contribution in [0.2, 0.25) is 0 Å². The molecule has 130 valence electrons. The molecule has 0 unspecified atom stereocenters. The lowest BCUT2D eigenvalue weighted by Crippen LogP contribution is -2.28. The lowest BCUT2D eigenvalue weighted by atomic mass is 10.1. The monoisotopic (exact) mass is 345 g/mol. The second kappa shape index (κ2) is 9.60. The fourth-order valence-corrected chi connectivity index (χ4v) is 3.60. The number of benzene rings is 1. The van der Waals surface area contributed by atoms with E-state index in [1.807, 2.05) is 30.5 Å². The van der Waals surface area contributed by atoms with E-state index in [-0.39, 0.29) is 5.78 Å². The van der Waals surface area contributed by atoms with Crippen molar-refractivity contribution < 1.29 is 9.53 Å². The smallest absolute Gasteiger partial charge is 0.176 e. The van der Waals surface area contributed by atoms with Crippen LogP contribution in [0, 0.1) is 6.92 Å². The molecule has 4 heteroatoms. The Labute approximate surface area is 149 Å². The number of nitrogens with zero attached hydrogens (tertiary/aromatic N) is 1. The van der Waals surface area contributed by atoms with Crippen molar-refractivity contribution in [3.8, 4) is 5.75 Å². The van der Waals surface area contributed by atoms with Crippen LogP contribution in [-0.2, 0) is 6.42 Å². The summed E-state index contributed by atoms with van der Waals surface area (Å²) in [6.45, 7) is 9.86. The second-order valence-corrected chi connectivity index (χ2v) is 6.74. The molecular formula is C20H27NO2S. The van der Waals surface area contributed by atoms with Gasteiger partial charge in [0.05, 0.1) is 0 Å². The SMILES string of the molecule is CCN(CC)CCOc1c(C)csc1C(=O)CCc1ccccc1. The fourth-order valence-electron chi connectivity index (χ4n) is 2.64. The Hall–Kier alpha value is -1.65. The highest BCUT2D eigenvalue weighted by atomic mass is 32.1. The summed E-state index contributed by atoms with van der Waals surface area (Å²) in [4.78, 5) is 15.7. The van der Waals surface area contributed by atoms with Crippen LogP contribution in [0.25, 0.3) is 0 Å². The number of hydrogen-bond donors (Lipinski definition) is 0. The van der Waals surface area contributed by atoms with Crippen LogP contribution in [0.4, 0.5) is 0 Å². The van der Waals surface area contributed by atoms with Crippen molar-refractivity contribution in [1.82, 2.24) is 4.90 Å². The zero-order valence-electron chi connectivity index (χ0n) is 14.9. The highest BCUT2D eigenvalue weighted by Crippen LogP contribution is 2.31. The van der Waals surface area contributed by atoms with Crippen molar-refractivity contribution in [3.63, 3.8) is 0 Å². The molecule has 0 saturated carbocycles. The van der Waals surface area contributed by atoms with E-state index in [9.17, 15) is 4.79 Å². The minimum Gasteiger partial charge on any atom is -0.490 e. The molecular weight excluding hydrogens is 318 g/mol. The summed E-state index contributed by atoms with van der Waals surface area (Å²) in [7, 11) is 0. The largest absolute Gasteiger partial charge is 0.490 e. The predicted molar refractivity (Wildman–Crippen MR) is 101 cm³/mol. The molecule has 0 amide bonds. The summed E-state index contributed by atoms with van der Waals surface area (Å²) in [5.41, 5.74) is 2.26. The molecule has 0 radical (unpaired) electrons. The van der Waals surface area contributed by atoms with E-state index in [0.29, 0.717) is 13.0 Å². The van der Waals surface area contributed by atoms with Gasteiger partial charge >= 0.3 is 0 Å². The molecule has 0 spiro atoms. The fraction of sp³-hybridized carbons (Fsp3) is 0.450. The van der Waals surface area contributed by atoms with Crippen LogP contribution < -0.4 is 4.74 Å². The van der Waals surface area contributed by atoms with Crippen molar-refractivity contribution in [2.24, 2.45) is 0 Å². The number of hydrogen-bond acceptors (Lipinski definition) is 4. The highest BCUT2D eigenvalue weighted by Gasteiger charge is 2.17. The van der Waals surface area contributed by atoms with E-state index in [1.54, 1.807) is 0 Å². The number of ether oxygens (including phenoxy) is 1. The number of Topliss-reactive ketones (excluding diaryl/α,β-unsaturated/α-hetero) is 1. The van der Waals surface area contributed by atoms with Gasteiger partial charge in [0.2, 0.25) is 0 Å². The summed E-state index contributed by atoms with van der Waals surface area (Å²) in [6.07, 6.45) is 1.30. The summed E-state index contributed by atoms with van der Waals surface area (Å²) in [5, 5.41) is 2.02. The molecule has 2 rings (SSSR count). The van der Waals surface area contributed by atoms with Crippen molar-refractivity contribution in [2.75, 3.05) is 26.2 Å². The van der Waals surface area contributed by atoms with Gasteiger partial charge in [-0.3, -0.25) is 4.79 Å². The second-order valence-electron chi connectivity index (χ2n) is 5.86. The number of carbonyl (C=O) groups excluding carboxylic acids is 1. The Balaban J connectivity index is 1.94. The lowest BCUT2D eigenvalue weighted by molar-refractivity contribution is 0.0982.